The van der Waals surface area contributed by atoms with Crippen molar-refractivity contribution in [3.05, 3.63) is 59.0 Å². The van der Waals surface area contributed by atoms with Crippen molar-refractivity contribution >= 4 is 33.9 Å². The maximum absolute atomic E-state index is 6.18. The number of nitrogens with zero attached hydrogens (tertiary/aromatic N) is 4. The number of fused-ring (bicyclic) bond motifs is 1. The van der Waals surface area contributed by atoms with E-state index in [1.54, 1.807) is 0 Å². The van der Waals surface area contributed by atoms with Crippen LogP contribution in [0.25, 0.3) is 16.6 Å². The van der Waals surface area contributed by atoms with E-state index in [1.165, 1.54) is 10.9 Å². The van der Waals surface area contributed by atoms with E-state index in [0.717, 1.165) is 65.7 Å². The number of aromatic nitrogens is 2. The zero-order valence-electron chi connectivity index (χ0n) is 18.3. The fourth-order valence-electron chi connectivity index (χ4n) is 4.22. The molecule has 0 radical (unpaired) electrons. The second-order valence-corrected chi connectivity index (χ2v) is 8.43. The molecule has 162 valence electrons. The Morgan fingerprint density at radius 3 is 2.61 bits per heavy atom. The minimum Gasteiger partial charge on any atom is -0.317 e. The lowest BCUT2D eigenvalue weighted by atomic mass is 9.87. The van der Waals surface area contributed by atoms with Crippen molar-refractivity contribution in [3.8, 4) is 5.69 Å². The summed E-state index contributed by atoms with van der Waals surface area (Å²) < 4.78 is 2.26. The summed E-state index contributed by atoms with van der Waals surface area (Å²) >= 11 is 6.18. The van der Waals surface area contributed by atoms with E-state index in [0.29, 0.717) is 5.92 Å². The summed E-state index contributed by atoms with van der Waals surface area (Å²) in [5.74, 6) is 0.459. The summed E-state index contributed by atoms with van der Waals surface area (Å²) in [6.07, 6.45) is 6.91. The van der Waals surface area contributed by atoms with Crippen LogP contribution in [0.1, 0.15) is 57.2 Å². The summed E-state index contributed by atoms with van der Waals surface area (Å²) in [5, 5.41) is 14.4. The molecule has 6 nitrogen and oxygen atoms in total. The Morgan fingerprint density at radius 2 is 1.90 bits per heavy atom. The molecule has 1 fully saturated rings. The largest absolute Gasteiger partial charge is 0.317 e. The molecule has 0 atom stereocenters. The molecular formula is C24H29ClN6. The van der Waals surface area contributed by atoms with Crippen LogP contribution in [0, 0.1) is 0 Å². The molecule has 0 bridgehead atoms. The molecule has 31 heavy (non-hydrogen) atoms. The van der Waals surface area contributed by atoms with Crippen molar-refractivity contribution in [2.75, 3.05) is 13.1 Å². The van der Waals surface area contributed by atoms with Crippen molar-refractivity contribution in [3.63, 3.8) is 0 Å². The zero-order valence-corrected chi connectivity index (χ0v) is 19.1. The minimum absolute atomic E-state index is 0.459. The van der Waals surface area contributed by atoms with Gasteiger partial charge in [-0.05, 0) is 88.0 Å². The van der Waals surface area contributed by atoms with Gasteiger partial charge in [-0.2, -0.15) is 15.7 Å². The second kappa shape index (κ2) is 9.62. The molecular weight excluding hydrogens is 408 g/mol. The fourth-order valence-corrected chi connectivity index (χ4v) is 4.34. The second-order valence-electron chi connectivity index (χ2n) is 7.99. The molecule has 1 saturated heterocycles. The summed E-state index contributed by atoms with van der Waals surface area (Å²) in [6, 6.07) is 10.1. The molecule has 2 N–H and O–H groups in total. The lowest BCUT2D eigenvalue weighted by Crippen LogP contribution is -2.27. The van der Waals surface area contributed by atoms with Crippen molar-refractivity contribution in [2.24, 2.45) is 10.2 Å². The number of piperidine rings is 1. The van der Waals surface area contributed by atoms with Gasteiger partial charge in [0.05, 0.1) is 23.1 Å². The molecule has 0 amide bonds. The van der Waals surface area contributed by atoms with E-state index in [4.69, 9.17) is 11.6 Å². The molecule has 0 saturated carbocycles. The molecule has 1 aromatic carbocycles. The highest BCUT2D eigenvalue weighted by Crippen LogP contribution is 2.38. The molecule has 0 spiro atoms. The van der Waals surface area contributed by atoms with Gasteiger partial charge in [-0.25, -0.2) is 0 Å². The Kier molecular flexibility index (Phi) is 6.68. The van der Waals surface area contributed by atoms with E-state index < -0.39 is 0 Å². The molecule has 7 heteroatoms. The van der Waals surface area contributed by atoms with Crippen molar-refractivity contribution in [1.29, 1.82) is 0 Å². The molecule has 1 aliphatic rings. The SMILES string of the molecule is CC/C(C)=N\N/N=C(\C)c1c(C2CCNCC2)c2ccncc2n1-c1ccc(Cl)cc1. The van der Waals surface area contributed by atoms with E-state index >= 15 is 0 Å². The number of halogens is 1. The first-order valence-electron chi connectivity index (χ1n) is 10.9. The van der Waals surface area contributed by atoms with Crippen molar-refractivity contribution in [1.82, 2.24) is 20.4 Å². The number of rotatable bonds is 6. The Hall–Kier alpha value is -2.70. The standard InChI is InChI=1S/C24H29ClN6/c1-4-16(2)28-30-29-17(3)24-23(18-9-12-26-13-10-18)21-11-14-27-15-22(21)31(24)20-7-5-19(25)6-8-20/h5-8,11,14-15,18,26,30H,4,9-10,12-13H2,1-3H3/b28-16-,29-17+. The number of pyridine rings is 1. The summed E-state index contributed by atoms with van der Waals surface area (Å²) in [7, 11) is 0. The molecule has 0 unspecified atom stereocenters. The van der Waals surface area contributed by atoms with E-state index in [2.05, 4.69) is 43.6 Å². The molecule has 3 aromatic rings. The highest BCUT2D eigenvalue weighted by molar-refractivity contribution is 6.30. The van der Waals surface area contributed by atoms with Gasteiger partial charge in [0.1, 0.15) is 0 Å². The molecule has 2 aromatic heterocycles. The Balaban J connectivity index is 1.94. The first-order chi connectivity index (χ1) is 15.1. The van der Waals surface area contributed by atoms with E-state index in [9.17, 15) is 0 Å². The third-order valence-electron chi connectivity index (χ3n) is 5.96. The normalized spacial score (nSPS) is 16.1. The van der Waals surface area contributed by atoms with Gasteiger partial charge in [0.25, 0.3) is 0 Å². The first-order valence-corrected chi connectivity index (χ1v) is 11.3. The van der Waals surface area contributed by atoms with Crippen LogP contribution in [0.3, 0.4) is 0 Å². The average Bonchev–Trinajstić information content (AvgIpc) is 3.15. The predicted octanol–water partition coefficient (Wildman–Crippen LogP) is 5.25. The van der Waals surface area contributed by atoms with Crippen LogP contribution in [0.15, 0.2) is 52.9 Å². The zero-order chi connectivity index (χ0) is 21.8. The van der Waals surface area contributed by atoms with Crippen LogP contribution in [-0.2, 0) is 0 Å². The van der Waals surface area contributed by atoms with Gasteiger partial charge in [-0.3, -0.25) is 4.98 Å². The van der Waals surface area contributed by atoms with Gasteiger partial charge in [-0.15, -0.1) is 0 Å². The topological polar surface area (TPSA) is 66.6 Å². The lowest BCUT2D eigenvalue weighted by molar-refractivity contribution is 0.461. The van der Waals surface area contributed by atoms with Crippen LogP contribution >= 0.6 is 11.6 Å². The van der Waals surface area contributed by atoms with Gasteiger partial charge < -0.3 is 9.88 Å². The number of nitrogens with one attached hydrogen (secondary N) is 2. The van der Waals surface area contributed by atoms with Crippen LogP contribution in [0.5, 0.6) is 0 Å². The Labute approximate surface area is 188 Å². The van der Waals surface area contributed by atoms with E-state index in [1.807, 2.05) is 50.5 Å². The van der Waals surface area contributed by atoms with Gasteiger partial charge >= 0.3 is 0 Å². The third kappa shape index (κ3) is 4.50. The highest BCUT2D eigenvalue weighted by atomic mass is 35.5. The number of hydrogen-bond donors (Lipinski definition) is 2. The summed E-state index contributed by atoms with van der Waals surface area (Å²) in [6.45, 7) is 8.17. The lowest BCUT2D eigenvalue weighted by Gasteiger charge is -2.24. The summed E-state index contributed by atoms with van der Waals surface area (Å²) in [5.41, 5.74) is 9.39. The van der Waals surface area contributed by atoms with Crippen molar-refractivity contribution < 1.29 is 0 Å². The predicted molar refractivity (Wildman–Crippen MR) is 130 cm³/mol. The third-order valence-corrected chi connectivity index (χ3v) is 6.21. The average molecular weight is 437 g/mol. The maximum Gasteiger partial charge on any atom is 0.0836 e. The van der Waals surface area contributed by atoms with Gasteiger partial charge in [0.15, 0.2) is 0 Å². The van der Waals surface area contributed by atoms with Crippen LogP contribution < -0.4 is 10.9 Å². The first kappa shape index (κ1) is 21.5. The van der Waals surface area contributed by atoms with Gasteiger partial charge in [0, 0.05) is 28.0 Å². The molecule has 4 rings (SSSR count). The highest BCUT2D eigenvalue weighted by Gasteiger charge is 2.27. The molecule has 3 heterocycles. The molecule has 1 aliphatic heterocycles. The van der Waals surface area contributed by atoms with E-state index in [-0.39, 0.29) is 0 Å². The van der Waals surface area contributed by atoms with Gasteiger partial charge in [0.2, 0.25) is 0 Å². The Morgan fingerprint density at radius 1 is 1.16 bits per heavy atom. The number of hydrazone groups is 2. The fraction of sp³-hybridized carbons (Fsp3) is 0.375. The Bertz CT molecular complexity index is 1110. The minimum atomic E-state index is 0.459. The van der Waals surface area contributed by atoms with Crippen LogP contribution in [0.2, 0.25) is 5.02 Å². The smallest absolute Gasteiger partial charge is 0.0836 e. The number of benzene rings is 1. The summed E-state index contributed by atoms with van der Waals surface area (Å²) in [4.78, 5) is 4.44. The van der Waals surface area contributed by atoms with Crippen LogP contribution in [0.4, 0.5) is 0 Å². The molecule has 0 aliphatic carbocycles. The number of hydrogen-bond acceptors (Lipinski definition) is 5. The van der Waals surface area contributed by atoms with Crippen LogP contribution in [-0.4, -0.2) is 34.1 Å². The monoisotopic (exact) mass is 436 g/mol. The van der Waals surface area contributed by atoms with Gasteiger partial charge in [-0.1, -0.05) is 18.5 Å². The maximum atomic E-state index is 6.18. The van der Waals surface area contributed by atoms with Crippen molar-refractivity contribution in [2.45, 2.75) is 46.0 Å². The quantitative estimate of drug-likeness (QED) is 0.410.